The van der Waals surface area contributed by atoms with Gasteiger partial charge in [0.1, 0.15) is 11.4 Å². The smallest absolute Gasteiger partial charge is 0.261 e. The Morgan fingerprint density at radius 2 is 2.00 bits per heavy atom. The molecule has 3 heterocycles. The average molecular weight is 292 g/mol. The standard InChI is InChI=1S/C16H12N4O2/c1-9-7-12-17-8-11-14(21)13(10-5-3-2-4-6-10)16(22)18-15(11)20(12)19-9/h2-8H,1H3,(H2,18,21,22). The zero-order valence-electron chi connectivity index (χ0n) is 11.7. The van der Waals surface area contributed by atoms with Crippen molar-refractivity contribution < 1.29 is 5.11 Å². The van der Waals surface area contributed by atoms with Gasteiger partial charge in [-0.2, -0.15) is 9.61 Å². The molecule has 0 spiro atoms. The van der Waals surface area contributed by atoms with E-state index in [0.29, 0.717) is 22.2 Å². The molecule has 4 rings (SSSR count). The molecule has 22 heavy (non-hydrogen) atoms. The predicted octanol–water partition coefficient (Wildman–Crippen LogP) is 2.25. The van der Waals surface area contributed by atoms with Crippen LogP contribution < -0.4 is 5.56 Å². The number of H-pyrrole nitrogens is 1. The minimum Gasteiger partial charge on any atom is -0.506 e. The van der Waals surface area contributed by atoms with Crippen LogP contribution in [0.15, 0.2) is 47.4 Å². The number of pyridine rings is 1. The monoisotopic (exact) mass is 292 g/mol. The summed E-state index contributed by atoms with van der Waals surface area (Å²) in [6, 6.07) is 10.8. The first-order valence-corrected chi connectivity index (χ1v) is 6.81. The number of aromatic hydroxyl groups is 1. The SMILES string of the molecule is Cc1cc2ncc3c(O)c(-c4ccccc4)c(=O)[nH]c3n2n1. The van der Waals surface area contributed by atoms with Crippen molar-refractivity contribution in [2.75, 3.05) is 0 Å². The first-order valence-electron chi connectivity index (χ1n) is 6.81. The number of aryl methyl sites for hydroxylation is 1. The van der Waals surface area contributed by atoms with Gasteiger partial charge in [-0.15, -0.1) is 0 Å². The van der Waals surface area contributed by atoms with Crippen LogP contribution in [0.3, 0.4) is 0 Å². The van der Waals surface area contributed by atoms with Crippen LogP contribution >= 0.6 is 0 Å². The number of aromatic amines is 1. The Hall–Kier alpha value is -3.15. The number of hydrogen-bond acceptors (Lipinski definition) is 4. The largest absolute Gasteiger partial charge is 0.506 e. The summed E-state index contributed by atoms with van der Waals surface area (Å²) in [5.41, 5.74) is 2.36. The van der Waals surface area contributed by atoms with Crippen molar-refractivity contribution in [1.82, 2.24) is 19.6 Å². The lowest BCUT2D eigenvalue weighted by molar-refractivity contribution is 0.482. The summed E-state index contributed by atoms with van der Waals surface area (Å²) in [5.74, 6) is -0.0903. The van der Waals surface area contributed by atoms with Crippen LogP contribution in [0.4, 0.5) is 0 Å². The van der Waals surface area contributed by atoms with Crippen molar-refractivity contribution in [2.45, 2.75) is 6.92 Å². The van der Waals surface area contributed by atoms with E-state index in [-0.39, 0.29) is 16.9 Å². The predicted molar refractivity (Wildman–Crippen MR) is 83.0 cm³/mol. The summed E-state index contributed by atoms with van der Waals surface area (Å²) in [7, 11) is 0. The Balaban J connectivity index is 2.14. The normalized spacial score (nSPS) is 11.3. The van der Waals surface area contributed by atoms with Gasteiger partial charge in [-0.3, -0.25) is 4.79 Å². The van der Waals surface area contributed by atoms with E-state index in [9.17, 15) is 9.90 Å². The van der Waals surface area contributed by atoms with E-state index in [2.05, 4.69) is 15.1 Å². The van der Waals surface area contributed by atoms with E-state index in [0.717, 1.165) is 5.69 Å². The van der Waals surface area contributed by atoms with Gasteiger partial charge in [0.25, 0.3) is 5.56 Å². The maximum Gasteiger partial charge on any atom is 0.261 e. The number of rotatable bonds is 1. The van der Waals surface area contributed by atoms with Crippen molar-refractivity contribution in [3.63, 3.8) is 0 Å². The molecular formula is C16H12N4O2. The molecule has 1 aromatic carbocycles. The van der Waals surface area contributed by atoms with Gasteiger partial charge in [0.05, 0.1) is 16.6 Å². The fourth-order valence-corrected chi connectivity index (χ4v) is 2.63. The third-order valence-corrected chi connectivity index (χ3v) is 3.62. The molecule has 108 valence electrons. The van der Waals surface area contributed by atoms with Crippen LogP contribution in [0.5, 0.6) is 5.75 Å². The van der Waals surface area contributed by atoms with Gasteiger partial charge in [-0.05, 0) is 12.5 Å². The van der Waals surface area contributed by atoms with Gasteiger partial charge < -0.3 is 10.1 Å². The van der Waals surface area contributed by atoms with Crippen LogP contribution in [0, 0.1) is 6.92 Å². The second-order valence-corrected chi connectivity index (χ2v) is 5.12. The number of nitrogens with zero attached hydrogens (tertiary/aromatic N) is 3. The van der Waals surface area contributed by atoms with Gasteiger partial charge in [-0.25, -0.2) is 4.98 Å². The van der Waals surface area contributed by atoms with E-state index in [1.165, 1.54) is 4.52 Å². The summed E-state index contributed by atoms with van der Waals surface area (Å²) in [5, 5.41) is 15.3. The highest BCUT2D eigenvalue weighted by atomic mass is 16.3. The molecule has 0 atom stereocenters. The molecular weight excluding hydrogens is 280 g/mol. The third kappa shape index (κ3) is 1.70. The van der Waals surface area contributed by atoms with Crippen molar-refractivity contribution in [3.05, 3.63) is 58.6 Å². The zero-order valence-corrected chi connectivity index (χ0v) is 11.7. The molecule has 3 aromatic heterocycles. The van der Waals surface area contributed by atoms with Gasteiger partial charge in [0.15, 0.2) is 5.65 Å². The lowest BCUT2D eigenvalue weighted by atomic mass is 10.1. The minimum absolute atomic E-state index is 0.0903. The average Bonchev–Trinajstić information content (AvgIpc) is 2.89. The Morgan fingerprint density at radius 1 is 1.23 bits per heavy atom. The number of fused-ring (bicyclic) bond motifs is 3. The molecule has 6 heteroatoms. The molecule has 0 bridgehead atoms. The summed E-state index contributed by atoms with van der Waals surface area (Å²) in [6.45, 7) is 1.84. The van der Waals surface area contributed by atoms with Gasteiger partial charge >= 0.3 is 0 Å². The van der Waals surface area contributed by atoms with Crippen LogP contribution in [-0.4, -0.2) is 24.7 Å². The van der Waals surface area contributed by atoms with Crippen LogP contribution in [-0.2, 0) is 0 Å². The van der Waals surface area contributed by atoms with E-state index in [1.807, 2.05) is 25.1 Å². The summed E-state index contributed by atoms with van der Waals surface area (Å²) in [6.07, 6.45) is 1.55. The minimum atomic E-state index is -0.364. The second-order valence-electron chi connectivity index (χ2n) is 5.12. The molecule has 2 N–H and O–H groups in total. The highest BCUT2D eigenvalue weighted by Crippen LogP contribution is 2.31. The number of nitrogens with one attached hydrogen (secondary N) is 1. The number of aromatic nitrogens is 4. The van der Waals surface area contributed by atoms with Crippen LogP contribution in [0.2, 0.25) is 0 Å². The fraction of sp³-hybridized carbons (Fsp3) is 0.0625. The first-order chi connectivity index (χ1) is 10.6. The molecule has 0 fully saturated rings. The topological polar surface area (TPSA) is 83.3 Å². The van der Waals surface area contributed by atoms with Gasteiger partial charge in [0, 0.05) is 12.3 Å². The maximum atomic E-state index is 12.4. The lowest BCUT2D eigenvalue weighted by Gasteiger charge is -2.08. The van der Waals surface area contributed by atoms with Gasteiger partial charge in [0.2, 0.25) is 0 Å². The van der Waals surface area contributed by atoms with Crippen molar-refractivity contribution >= 4 is 16.7 Å². The lowest BCUT2D eigenvalue weighted by Crippen LogP contribution is -2.12. The van der Waals surface area contributed by atoms with E-state index in [1.54, 1.807) is 24.4 Å². The number of hydrogen-bond donors (Lipinski definition) is 2. The molecule has 0 aliphatic rings. The van der Waals surface area contributed by atoms with Crippen LogP contribution in [0.1, 0.15) is 5.69 Å². The molecule has 0 radical (unpaired) electrons. The fourth-order valence-electron chi connectivity index (χ4n) is 2.63. The van der Waals surface area contributed by atoms with Crippen molar-refractivity contribution in [2.24, 2.45) is 0 Å². The molecule has 0 unspecified atom stereocenters. The summed E-state index contributed by atoms with van der Waals surface area (Å²) in [4.78, 5) is 19.5. The number of benzene rings is 1. The first kappa shape index (κ1) is 12.6. The second kappa shape index (κ2) is 4.42. The molecule has 0 saturated carbocycles. The molecule has 0 aliphatic carbocycles. The van der Waals surface area contributed by atoms with Crippen LogP contribution in [0.25, 0.3) is 27.8 Å². The third-order valence-electron chi connectivity index (χ3n) is 3.62. The van der Waals surface area contributed by atoms with E-state index >= 15 is 0 Å². The van der Waals surface area contributed by atoms with Gasteiger partial charge in [-0.1, -0.05) is 30.3 Å². The Labute approximate surface area is 124 Å². The Kier molecular flexibility index (Phi) is 2.53. The zero-order chi connectivity index (χ0) is 15.3. The van der Waals surface area contributed by atoms with Crippen molar-refractivity contribution in [3.8, 4) is 16.9 Å². The van der Waals surface area contributed by atoms with Crippen molar-refractivity contribution in [1.29, 1.82) is 0 Å². The molecule has 0 aliphatic heterocycles. The highest BCUT2D eigenvalue weighted by Gasteiger charge is 2.16. The molecule has 6 nitrogen and oxygen atoms in total. The summed E-state index contributed by atoms with van der Waals surface area (Å²) < 4.78 is 1.53. The molecule has 0 amide bonds. The Bertz CT molecular complexity index is 1060. The molecule has 4 aromatic rings. The quantitative estimate of drug-likeness (QED) is 0.563. The highest BCUT2D eigenvalue weighted by molar-refractivity contribution is 5.90. The van der Waals surface area contributed by atoms with E-state index < -0.39 is 0 Å². The molecule has 0 saturated heterocycles. The van der Waals surface area contributed by atoms with E-state index in [4.69, 9.17) is 0 Å². The Morgan fingerprint density at radius 3 is 2.77 bits per heavy atom. The summed E-state index contributed by atoms with van der Waals surface area (Å²) >= 11 is 0. The maximum absolute atomic E-state index is 12.4.